The first kappa shape index (κ1) is 6.60. The summed E-state index contributed by atoms with van der Waals surface area (Å²) in [5, 5.41) is 12.1. The fourth-order valence-corrected chi connectivity index (χ4v) is 0.582. The maximum Gasteiger partial charge on any atom is 0.195 e. The van der Waals surface area contributed by atoms with E-state index in [1.54, 1.807) is 0 Å². The predicted octanol–water partition coefficient (Wildman–Crippen LogP) is 0.245. The first-order valence-electron chi connectivity index (χ1n) is 2.70. The summed E-state index contributed by atoms with van der Waals surface area (Å²) in [4.78, 5) is 13.6. The standard InChI is InChI=1S/C5H6N4O/c6-5(9-10)4-1-7-3-8-2-4/h1,3,6H,2H2,(H,7,8). The van der Waals surface area contributed by atoms with Gasteiger partial charge in [-0.3, -0.25) is 10.4 Å². The Morgan fingerprint density at radius 2 is 2.70 bits per heavy atom. The van der Waals surface area contributed by atoms with Crippen molar-refractivity contribution in [1.29, 1.82) is 5.41 Å². The van der Waals surface area contributed by atoms with Gasteiger partial charge >= 0.3 is 0 Å². The minimum Gasteiger partial charge on any atom is -0.353 e. The molecule has 0 saturated heterocycles. The van der Waals surface area contributed by atoms with Crippen LogP contribution < -0.4 is 5.32 Å². The van der Waals surface area contributed by atoms with E-state index in [1.165, 1.54) is 12.5 Å². The minimum absolute atomic E-state index is 0.260. The molecule has 0 bridgehead atoms. The highest BCUT2D eigenvalue weighted by Crippen LogP contribution is 1.99. The molecule has 2 N–H and O–H groups in total. The summed E-state index contributed by atoms with van der Waals surface area (Å²) in [6.45, 7) is 0.359. The van der Waals surface area contributed by atoms with E-state index in [9.17, 15) is 4.91 Å². The molecule has 0 aliphatic carbocycles. The number of nitroso groups, excluding NO2 is 1. The van der Waals surface area contributed by atoms with Gasteiger partial charge in [-0.05, 0) is 5.18 Å². The van der Waals surface area contributed by atoms with Gasteiger partial charge in [-0.25, -0.2) is 0 Å². The van der Waals surface area contributed by atoms with Crippen LogP contribution in [0.25, 0.3) is 0 Å². The van der Waals surface area contributed by atoms with Gasteiger partial charge in [0.1, 0.15) is 0 Å². The van der Waals surface area contributed by atoms with E-state index in [0.29, 0.717) is 12.1 Å². The number of nitrogens with zero attached hydrogens (tertiary/aromatic N) is 2. The Bertz CT molecular complexity index is 218. The van der Waals surface area contributed by atoms with E-state index in [1.807, 2.05) is 0 Å². The van der Waals surface area contributed by atoms with Crippen LogP contribution in [0.2, 0.25) is 0 Å². The summed E-state index contributed by atoms with van der Waals surface area (Å²) in [6.07, 6.45) is 3.04. The molecule has 52 valence electrons. The third kappa shape index (κ3) is 1.25. The van der Waals surface area contributed by atoms with Gasteiger partial charge in [-0.2, -0.15) is 0 Å². The highest BCUT2D eigenvalue weighted by atomic mass is 16.3. The number of aliphatic imine (C=N–C) groups is 1. The zero-order valence-electron chi connectivity index (χ0n) is 5.16. The van der Waals surface area contributed by atoms with Gasteiger partial charge in [-0.1, -0.05) is 0 Å². The molecule has 1 heterocycles. The SMILES string of the molecule is N=C(N=O)C1=CNC=NC1. The second-order valence-electron chi connectivity index (χ2n) is 1.75. The van der Waals surface area contributed by atoms with Crippen LogP contribution in [0, 0.1) is 10.3 Å². The van der Waals surface area contributed by atoms with Gasteiger partial charge in [0.15, 0.2) is 5.84 Å². The maximum atomic E-state index is 9.81. The quantitative estimate of drug-likeness (QED) is 0.309. The Morgan fingerprint density at radius 3 is 3.20 bits per heavy atom. The molecule has 1 aliphatic heterocycles. The monoisotopic (exact) mass is 138 g/mol. The second-order valence-corrected chi connectivity index (χ2v) is 1.75. The van der Waals surface area contributed by atoms with Crippen LogP contribution in [0.3, 0.4) is 0 Å². The summed E-state index contributed by atoms with van der Waals surface area (Å²) in [6, 6.07) is 0. The Hall–Kier alpha value is -1.52. The van der Waals surface area contributed by atoms with Crippen LogP contribution in [-0.2, 0) is 0 Å². The molecule has 0 spiro atoms. The first-order valence-corrected chi connectivity index (χ1v) is 2.70. The van der Waals surface area contributed by atoms with Crippen molar-refractivity contribution in [2.45, 2.75) is 0 Å². The molecule has 0 atom stereocenters. The van der Waals surface area contributed by atoms with Crippen LogP contribution in [0.15, 0.2) is 21.9 Å². The molecule has 0 aromatic heterocycles. The second kappa shape index (κ2) is 2.86. The normalized spacial score (nSPS) is 15.4. The van der Waals surface area contributed by atoms with Gasteiger partial charge in [0.05, 0.1) is 12.9 Å². The number of hydrogen-bond acceptors (Lipinski definition) is 4. The zero-order valence-corrected chi connectivity index (χ0v) is 5.16. The van der Waals surface area contributed by atoms with Gasteiger partial charge in [0, 0.05) is 11.8 Å². The van der Waals surface area contributed by atoms with Crippen molar-refractivity contribution in [2.75, 3.05) is 6.54 Å². The predicted molar refractivity (Wildman–Crippen MR) is 38.1 cm³/mol. The molecule has 0 aromatic rings. The molecule has 0 unspecified atom stereocenters. The molecule has 0 amide bonds. The Balaban J connectivity index is 2.64. The molecule has 10 heavy (non-hydrogen) atoms. The molecular formula is C5H6N4O. The van der Waals surface area contributed by atoms with Gasteiger partial charge < -0.3 is 5.32 Å². The largest absolute Gasteiger partial charge is 0.353 e. The molecule has 1 aliphatic rings. The average Bonchev–Trinajstić information content (AvgIpc) is 2.05. The average molecular weight is 138 g/mol. The molecule has 0 aromatic carbocycles. The smallest absolute Gasteiger partial charge is 0.195 e. The van der Waals surface area contributed by atoms with Crippen molar-refractivity contribution in [3.05, 3.63) is 16.7 Å². The minimum atomic E-state index is -0.260. The van der Waals surface area contributed by atoms with Gasteiger partial charge in [0.2, 0.25) is 0 Å². The van der Waals surface area contributed by atoms with Crippen LogP contribution in [0.5, 0.6) is 0 Å². The van der Waals surface area contributed by atoms with E-state index in [-0.39, 0.29) is 5.84 Å². The lowest BCUT2D eigenvalue weighted by atomic mass is 10.2. The molecule has 1 rings (SSSR count). The van der Waals surface area contributed by atoms with E-state index in [0.717, 1.165) is 0 Å². The lowest BCUT2D eigenvalue weighted by Gasteiger charge is -2.03. The molecule has 0 saturated carbocycles. The third-order valence-corrected chi connectivity index (χ3v) is 1.08. The highest BCUT2D eigenvalue weighted by molar-refractivity contribution is 5.97. The summed E-state index contributed by atoms with van der Waals surface area (Å²) >= 11 is 0. The highest BCUT2D eigenvalue weighted by Gasteiger charge is 2.05. The van der Waals surface area contributed by atoms with Crippen LogP contribution in [-0.4, -0.2) is 18.7 Å². The van der Waals surface area contributed by atoms with E-state index < -0.39 is 0 Å². The summed E-state index contributed by atoms with van der Waals surface area (Å²) in [7, 11) is 0. The number of rotatable bonds is 1. The van der Waals surface area contributed by atoms with Crippen molar-refractivity contribution >= 4 is 12.2 Å². The van der Waals surface area contributed by atoms with Crippen LogP contribution >= 0.6 is 0 Å². The molecule has 0 radical (unpaired) electrons. The molecular weight excluding hydrogens is 132 g/mol. The molecule has 0 fully saturated rings. The number of nitrogens with one attached hydrogen (secondary N) is 2. The number of amidine groups is 1. The summed E-state index contributed by atoms with van der Waals surface area (Å²) in [5.41, 5.74) is 0.512. The van der Waals surface area contributed by atoms with Crippen LogP contribution in [0.4, 0.5) is 0 Å². The summed E-state index contributed by atoms with van der Waals surface area (Å²) < 4.78 is 0. The zero-order chi connectivity index (χ0) is 7.40. The Labute approximate surface area is 57.3 Å². The van der Waals surface area contributed by atoms with Gasteiger partial charge in [-0.15, -0.1) is 4.91 Å². The van der Waals surface area contributed by atoms with Crippen molar-refractivity contribution < 1.29 is 0 Å². The maximum absolute atomic E-state index is 9.81. The van der Waals surface area contributed by atoms with Crippen LogP contribution in [0.1, 0.15) is 0 Å². The fourth-order valence-electron chi connectivity index (χ4n) is 0.582. The molecule has 5 heteroatoms. The van der Waals surface area contributed by atoms with Crippen molar-refractivity contribution in [1.82, 2.24) is 5.32 Å². The summed E-state index contributed by atoms with van der Waals surface area (Å²) in [5.74, 6) is -0.260. The topological polar surface area (TPSA) is 77.7 Å². The fraction of sp³-hybridized carbons (Fsp3) is 0.200. The third-order valence-electron chi connectivity index (χ3n) is 1.08. The lowest BCUT2D eigenvalue weighted by molar-refractivity contribution is 1.09. The Morgan fingerprint density at radius 1 is 1.90 bits per heavy atom. The Kier molecular flexibility index (Phi) is 1.89. The van der Waals surface area contributed by atoms with Gasteiger partial charge in [0.25, 0.3) is 0 Å². The van der Waals surface area contributed by atoms with Crippen molar-refractivity contribution in [3.8, 4) is 0 Å². The van der Waals surface area contributed by atoms with E-state index in [4.69, 9.17) is 5.41 Å². The molecule has 5 nitrogen and oxygen atoms in total. The number of hydrogen-bond donors (Lipinski definition) is 2. The van der Waals surface area contributed by atoms with Crippen molar-refractivity contribution in [3.63, 3.8) is 0 Å². The van der Waals surface area contributed by atoms with E-state index >= 15 is 0 Å². The lowest BCUT2D eigenvalue weighted by Crippen LogP contribution is -2.14. The van der Waals surface area contributed by atoms with E-state index in [2.05, 4.69) is 15.5 Å². The van der Waals surface area contributed by atoms with Crippen molar-refractivity contribution in [2.24, 2.45) is 10.2 Å². The first-order chi connectivity index (χ1) is 4.84.